The summed E-state index contributed by atoms with van der Waals surface area (Å²) in [6.07, 6.45) is 0. The highest BCUT2D eigenvalue weighted by Crippen LogP contribution is 2.11. The largest absolute Gasteiger partial charge is 0.508 e. The number of nitrogens with zero attached hydrogens (tertiary/aromatic N) is 4. The average molecular weight is 163 g/mol. The van der Waals surface area contributed by atoms with E-state index in [-0.39, 0.29) is 5.75 Å². The van der Waals surface area contributed by atoms with Crippen LogP contribution in [0.3, 0.4) is 0 Å². The van der Waals surface area contributed by atoms with Crippen molar-refractivity contribution in [2.45, 2.75) is 6.54 Å². The predicted octanol–water partition coefficient (Wildman–Crippen LogP) is 2.49. The second kappa shape index (κ2) is 4.10. The Labute approximate surface area is 69.2 Å². The lowest BCUT2D eigenvalue weighted by Gasteiger charge is -1.99. The maximum atomic E-state index is 8.92. The van der Waals surface area contributed by atoms with Crippen LogP contribution in [0.4, 0.5) is 0 Å². The van der Waals surface area contributed by atoms with Crippen LogP contribution in [-0.2, 0) is 6.54 Å². The number of rotatable bonds is 3. The quantitative estimate of drug-likeness (QED) is 0.315. The van der Waals surface area contributed by atoms with Crippen molar-refractivity contribution in [3.63, 3.8) is 0 Å². The molecule has 0 amide bonds. The molecule has 5 heteroatoms. The zero-order valence-corrected chi connectivity index (χ0v) is 6.25. The van der Waals surface area contributed by atoms with E-state index in [4.69, 9.17) is 10.6 Å². The van der Waals surface area contributed by atoms with Gasteiger partial charge in [0.05, 0.1) is 6.54 Å². The Bertz CT molecular complexity index is 289. The molecule has 1 aromatic carbocycles. The lowest BCUT2D eigenvalue weighted by molar-refractivity contribution is 0.475. The molecule has 1 rings (SSSR count). The summed E-state index contributed by atoms with van der Waals surface area (Å²) >= 11 is 0. The predicted molar refractivity (Wildman–Crippen MR) is 44.3 cm³/mol. The molecule has 5 nitrogen and oxygen atoms in total. The number of hydrogen-bond acceptors (Lipinski definition) is 2. The summed E-state index contributed by atoms with van der Waals surface area (Å²) in [7, 11) is 0. The zero-order chi connectivity index (χ0) is 8.81. The van der Waals surface area contributed by atoms with Gasteiger partial charge in [-0.05, 0) is 17.7 Å². The molecular formula is C7H7N4O-. The molecule has 0 aliphatic heterocycles. The third-order valence-electron chi connectivity index (χ3n) is 1.29. The van der Waals surface area contributed by atoms with Crippen molar-refractivity contribution in [1.82, 2.24) is 0 Å². The van der Waals surface area contributed by atoms with Gasteiger partial charge in [0.1, 0.15) is 5.75 Å². The van der Waals surface area contributed by atoms with Crippen molar-refractivity contribution in [2.75, 3.05) is 0 Å². The molecule has 0 fully saturated rings. The van der Waals surface area contributed by atoms with Gasteiger partial charge in [-0.2, -0.15) is 0 Å². The monoisotopic (exact) mass is 163 g/mol. The van der Waals surface area contributed by atoms with Crippen LogP contribution in [-0.4, -0.2) is 5.11 Å². The van der Waals surface area contributed by atoms with Gasteiger partial charge in [0.25, 0.3) is 0 Å². The Morgan fingerprint density at radius 3 is 2.67 bits per heavy atom. The fourth-order valence-electron chi connectivity index (χ4n) is 0.743. The summed E-state index contributed by atoms with van der Waals surface area (Å²) in [6, 6.07) is 6.54. The molecule has 0 atom stereocenters. The molecule has 0 heterocycles. The first-order valence-electron chi connectivity index (χ1n) is 3.31. The Balaban J connectivity index is 2.53. The number of hydrogen-bond donors (Lipinski definition) is 1. The van der Waals surface area contributed by atoms with E-state index in [0.717, 1.165) is 5.56 Å². The molecule has 1 aromatic rings. The third-order valence-corrected chi connectivity index (χ3v) is 1.29. The van der Waals surface area contributed by atoms with E-state index in [0.29, 0.717) is 6.54 Å². The van der Waals surface area contributed by atoms with Gasteiger partial charge in [-0.1, -0.05) is 12.1 Å². The van der Waals surface area contributed by atoms with E-state index >= 15 is 0 Å². The van der Waals surface area contributed by atoms with Crippen LogP contribution in [0.1, 0.15) is 5.56 Å². The average Bonchev–Trinajstić information content (AvgIpc) is 2.09. The fourth-order valence-corrected chi connectivity index (χ4v) is 0.743. The summed E-state index contributed by atoms with van der Waals surface area (Å²) < 4.78 is 0. The lowest BCUT2D eigenvalue weighted by atomic mass is 10.2. The molecule has 0 saturated heterocycles. The molecule has 0 unspecified atom stereocenters. The van der Waals surface area contributed by atoms with Crippen molar-refractivity contribution in [1.29, 1.82) is 0 Å². The van der Waals surface area contributed by atoms with Gasteiger partial charge in [-0.15, -0.1) is 0 Å². The van der Waals surface area contributed by atoms with Crippen LogP contribution in [0.5, 0.6) is 5.75 Å². The lowest BCUT2D eigenvalue weighted by Crippen LogP contribution is -1.79. The van der Waals surface area contributed by atoms with Gasteiger partial charge in [0.15, 0.2) is 0 Å². The van der Waals surface area contributed by atoms with Crippen molar-refractivity contribution in [2.24, 2.45) is 5.22 Å². The van der Waals surface area contributed by atoms with Crippen LogP contribution < -0.4 is 0 Å². The summed E-state index contributed by atoms with van der Waals surface area (Å²) in [4.78, 5) is 2.48. The SMILES string of the molecule is [N-]=[N+]=N[N-]Cc1ccc(O)cc1. The standard InChI is InChI=1S/C7H7N4O/c8-10-11-9-5-6-1-3-7(12)4-2-6/h1-4,12H,5H2/q-1. The first-order chi connectivity index (χ1) is 5.83. The number of benzene rings is 1. The second-order valence-corrected chi connectivity index (χ2v) is 2.14. The summed E-state index contributed by atoms with van der Waals surface area (Å²) in [6.45, 7) is 0.338. The van der Waals surface area contributed by atoms with E-state index in [9.17, 15) is 0 Å². The molecule has 12 heavy (non-hydrogen) atoms. The third kappa shape index (κ3) is 2.40. The first-order valence-corrected chi connectivity index (χ1v) is 3.31. The minimum absolute atomic E-state index is 0.211. The van der Waals surface area contributed by atoms with Crippen molar-refractivity contribution < 1.29 is 5.11 Å². The van der Waals surface area contributed by atoms with E-state index in [2.05, 4.69) is 15.6 Å². The Morgan fingerprint density at radius 2 is 2.08 bits per heavy atom. The smallest absolute Gasteiger partial charge is 0.115 e. The van der Waals surface area contributed by atoms with E-state index < -0.39 is 0 Å². The van der Waals surface area contributed by atoms with Gasteiger partial charge >= 0.3 is 0 Å². The normalized spacial score (nSPS) is 8.67. The Kier molecular flexibility index (Phi) is 2.81. The molecule has 0 spiro atoms. The summed E-state index contributed by atoms with van der Waals surface area (Å²) in [5, 5.41) is 11.9. The van der Waals surface area contributed by atoms with Crippen LogP contribution in [0.2, 0.25) is 0 Å². The van der Waals surface area contributed by atoms with Gasteiger partial charge in [-0.25, -0.2) is 5.22 Å². The van der Waals surface area contributed by atoms with Crippen molar-refractivity contribution >= 4 is 0 Å². The van der Waals surface area contributed by atoms with Crippen molar-refractivity contribution in [3.05, 3.63) is 45.7 Å². The van der Waals surface area contributed by atoms with Crippen LogP contribution in [0, 0.1) is 0 Å². The summed E-state index contributed by atoms with van der Waals surface area (Å²) in [5.41, 5.74) is 12.3. The molecule has 0 bridgehead atoms. The van der Waals surface area contributed by atoms with Gasteiger partial charge in [0, 0.05) is 0 Å². The highest BCUT2D eigenvalue weighted by molar-refractivity contribution is 5.26. The number of aromatic hydroxyl groups is 1. The maximum Gasteiger partial charge on any atom is 0.115 e. The first kappa shape index (κ1) is 8.23. The Hall–Kier alpha value is -1.87. The highest BCUT2D eigenvalue weighted by atomic mass is 16.3. The van der Waals surface area contributed by atoms with E-state index in [1.807, 2.05) is 0 Å². The van der Waals surface area contributed by atoms with Gasteiger partial charge in [-0.3, -0.25) is 11.0 Å². The topological polar surface area (TPSA) is 83.1 Å². The van der Waals surface area contributed by atoms with Crippen LogP contribution in [0.15, 0.2) is 29.5 Å². The molecule has 1 N–H and O–H groups in total. The van der Waals surface area contributed by atoms with E-state index in [1.54, 1.807) is 24.3 Å². The molecule has 0 aliphatic carbocycles. The summed E-state index contributed by atoms with van der Waals surface area (Å²) in [5.74, 6) is 0.211. The van der Waals surface area contributed by atoms with Crippen LogP contribution in [0.25, 0.3) is 15.9 Å². The molecule has 0 aliphatic rings. The van der Waals surface area contributed by atoms with Crippen LogP contribution >= 0.6 is 0 Å². The molecular weight excluding hydrogens is 156 g/mol. The molecule has 62 valence electrons. The molecule has 0 radical (unpaired) electrons. The molecule has 0 saturated carbocycles. The van der Waals surface area contributed by atoms with E-state index in [1.165, 1.54) is 0 Å². The van der Waals surface area contributed by atoms with Gasteiger partial charge in [0.2, 0.25) is 0 Å². The fraction of sp³-hybridized carbons (Fsp3) is 0.143. The number of phenols is 1. The Morgan fingerprint density at radius 1 is 1.42 bits per heavy atom. The number of azide groups is 1. The maximum absolute atomic E-state index is 8.92. The second-order valence-electron chi connectivity index (χ2n) is 2.14. The zero-order valence-electron chi connectivity index (χ0n) is 6.25. The molecule has 0 aromatic heterocycles. The highest BCUT2D eigenvalue weighted by Gasteiger charge is 1.90. The van der Waals surface area contributed by atoms with Gasteiger partial charge < -0.3 is 10.0 Å². The van der Waals surface area contributed by atoms with Crippen molar-refractivity contribution in [3.8, 4) is 5.75 Å². The number of phenolic OH excluding ortho intramolecular Hbond substituents is 1. The minimum Gasteiger partial charge on any atom is -0.508 e. The minimum atomic E-state index is 0.211.